The predicted octanol–water partition coefficient (Wildman–Crippen LogP) is 3.04. The van der Waals surface area contributed by atoms with E-state index in [4.69, 9.17) is 9.47 Å². The van der Waals surface area contributed by atoms with Gasteiger partial charge in [0, 0.05) is 41.3 Å². The molecule has 0 saturated heterocycles. The van der Waals surface area contributed by atoms with Crippen LogP contribution in [0.3, 0.4) is 0 Å². The molecule has 7 heteroatoms. The number of carboxylic acids is 1. The van der Waals surface area contributed by atoms with Crippen LogP contribution in [-0.4, -0.2) is 42.2 Å². The van der Waals surface area contributed by atoms with Crippen molar-refractivity contribution in [1.82, 2.24) is 4.90 Å². The molecule has 2 aliphatic carbocycles. The molecule has 0 bridgehead atoms. The van der Waals surface area contributed by atoms with Crippen LogP contribution in [0.1, 0.15) is 70.3 Å². The molecule has 33 heavy (non-hydrogen) atoms. The summed E-state index contributed by atoms with van der Waals surface area (Å²) in [5.74, 6) is -0.591. The molecule has 0 amide bonds. The van der Waals surface area contributed by atoms with Crippen LogP contribution in [0.2, 0.25) is 0 Å². The van der Waals surface area contributed by atoms with E-state index in [1.54, 1.807) is 4.90 Å². The molecule has 1 heterocycles. The van der Waals surface area contributed by atoms with Gasteiger partial charge in [-0.05, 0) is 56.7 Å². The van der Waals surface area contributed by atoms with Crippen LogP contribution in [0.4, 0.5) is 0 Å². The molecule has 4 rings (SSSR count). The topological polar surface area (TPSA) is 96.0 Å². The second-order valence-corrected chi connectivity index (χ2v) is 8.65. The van der Waals surface area contributed by atoms with Crippen molar-refractivity contribution in [2.75, 3.05) is 19.8 Å². The minimum absolute atomic E-state index is 0.0289. The number of ether oxygens (including phenoxy) is 2. The van der Waals surface area contributed by atoms with Gasteiger partial charge in [-0.15, -0.1) is 0 Å². The number of nitrogens with zero attached hydrogens (tertiary/aromatic N) is 1. The number of aliphatic carboxylic acids is 1. The molecule has 0 atom stereocenters. The second kappa shape index (κ2) is 9.81. The number of allylic oxidation sites excluding steroid dienone is 4. The van der Waals surface area contributed by atoms with Gasteiger partial charge in [0.05, 0.1) is 25.7 Å². The molecule has 0 spiro atoms. The Hall–Kier alpha value is -3.09. The average molecular weight is 453 g/mol. The summed E-state index contributed by atoms with van der Waals surface area (Å²) in [7, 11) is 0. The van der Waals surface area contributed by atoms with Crippen LogP contribution < -0.4 is 14.6 Å². The van der Waals surface area contributed by atoms with E-state index in [9.17, 15) is 19.5 Å². The lowest BCUT2D eigenvalue weighted by molar-refractivity contribution is -0.305. The summed E-state index contributed by atoms with van der Waals surface area (Å²) >= 11 is 0. The van der Waals surface area contributed by atoms with Gasteiger partial charge >= 0.3 is 0 Å². The van der Waals surface area contributed by atoms with E-state index in [1.165, 1.54) is 0 Å². The fraction of sp³-hybridized carbons (Fsp3) is 0.500. The van der Waals surface area contributed by atoms with E-state index in [-0.39, 0.29) is 18.1 Å². The van der Waals surface area contributed by atoms with Gasteiger partial charge in [-0.3, -0.25) is 9.59 Å². The van der Waals surface area contributed by atoms with E-state index in [1.807, 2.05) is 32.0 Å². The Bertz CT molecular complexity index is 993. The predicted molar refractivity (Wildman–Crippen MR) is 120 cm³/mol. The third-order valence-electron chi connectivity index (χ3n) is 6.44. The summed E-state index contributed by atoms with van der Waals surface area (Å²) in [6, 6.07) is 5.60. The van der Waals surface area contributed by atoms with E-state index >= 15 is 0 Å². The SMILES string of the molecule is CCCOc1ccc(C2C3=C(CCCC3=O)N(CC(=O)[O-])C3=C2C(=O)CCC3)cc1OCC. The third-order valence-corrected chi connectivity index (χ3v) is 6.44. The Morgan fingerprint density at radius 1 is 0.970 bits per heavy atom. The smallest absolute Gasteiger partial charge is 0.161 e. The van der Waals surface area contributed by atoms with Crippen LogP contribution in [0.5, 0.6) is 11.5 Å². The summed E-state index contributed by atoms with van der Waals surface area (Å²) in [4.78, 5) is 39.7. The summed E-state index contributed by atoms with van der Waals surface area (Å²) in [6.45, 7) is 4.59. The largest absolute Gasteiger partial charge is 0.548 e. The molecule has 0 fully saturated rings. The highest BCUT2D eigenvalue weighted by Gasteiger charge is 2.43. The maximum atomic E-state index is 13.2. The number of ketones is 2. The summed E-state index contributed by atoms with van der Waals surface area (Å²) < 4.78 is 11.7. The number of hydrogen-bond acceptors (Lipinski definition) is 7. The fourth-order valence-corrected chi connectivity index (χ4v) is 5.17. The molecule has 3 aliphatic rings. The van der Waals surface area contributed by atoms with Crippen molar-refractivity contribution < 1.29 is 29.0 Å². The van der Waals surface area contributed by atoms with E-state index in [0.717, 1.165) is 23.4 Å². The normalized spacial score (nSPS) is 18.9. The molecule has 1 aromatic carbocycles. The molecular weight excluding hydrogens is 422 g/mol. The maximum Gasteiger partial charge on any atom is 0.161 e. The second-order valence-electron chi connectivity index (χ2n) is 8.65. The summed E-state index contributed by atoms with van der Waals surface area (Å²) in [5, 5.41) is 11.6. The quantitative estimate of drug-likeness (QED) is 0.598. The number of hydrogen-bond donors (Lipinski definition) is 0. The highest BCUT2D eigenvalue weighted by atomic mass is 16.5. The van der Waals surface area contributed by atoms with Crippen molar-refractivity contribution in [2.24, 2.45) is 0 Å². The van der Waals surface area contributed by atoms with Crippen molar-refractivity contribution in [3.8, 4) is 11.5 Å². The summed E-state index contributed by atoms with van der Waals surface area (Å²) in [6.07, 6.45) is 4.18. The lowest BCUT2D eigenvalue weighted by atomic mass is 9.71. The Balaban J connectivity index is 1.89. The zero-order valence-corrected chi connectivity index (χ0v) is 19.3. The third kappa shape index (κ3) is 4.41. The maximum absolute atomic E-state index is 13.2. The minimum atomic E-state index is -1.22. The van der Waals surface area contributed by atoms with Gasteiger partial charge in [0.2, 0.25) is 0 Å². The first-order valence-corrected chi connectivity index (χ1v) is 11.9. The zero-order chi connectivity index (χ0) is 23.5. The van der Waals surface area contributed by atoms with Gasteiger partial charge in [-0.1, -0.05) is 13.0 Å². The van der Waals surface area contributed by atoms with Crippen LogP contribution in [0, 0.1) is 0 Å². The van der Waals surface area contributed by atoms with Gasteiger partial charge in [0.15, 0.2) is 23.1 Å². The van der Waals surface area contributed by atoms with Crippen molar-refractivity contribution >= 4 is 17.5 Å². The highest BCUT2D eigenvalue weighted by molar-refractivity contribution is 6.06. The summed E-state index contributed by atoms with van der Waals surface area (Å²) in [5.41, 5.74) is 3.32. The lowest BCUT2D eigenvalue weighted by Crippen LogP contribution is -2.44. The van der Waals surface area contributed by atoms with Crippen LogP contribution >= 0.6 is 0 Å². The lowest BCUT2D eigenvalue weighted by Gasteiger charge is -2.44. The molecule has 0 saturated carbocycles. The first-order chi connectivity index (χ1) is 16.0. The molecule has 176 valence electrons. The van der Waals surface area contributed by atoms with E-state index in [2.05, 4.69) is 0 Å². The van der Waals surface area contributed by atoms with Gasteiger partial charge in [0.25, 0.3) is 0 Å². The van der Waals surface area contributed by atoms with Crippen molar-refractivity contribution in [3.05, 3.63) is 46.3 Å². The Morgan fingerprint density at radius 2 is 1.61 bits per heavy atom. The Labute approximate surface area is 194 Å². The standard InChI is InChI=1S/C26H31NO6/c1-3-13-33-21-12-11-16(14-22(21)32-4-2)24-25-17(7-5-9-19(25)28)27(15-23(30)31)18-8-6-10-20(29)26(18)24/h11-12,14,24H,3-10,13,15H2,1-2H3,(H,30,31)/p-1. The fourth-order valence-electron chi connectivity index (χ4n) is 5.17. The van der Waals surface area contributed by atoms with Crippen LogP contribution in [0.25, 0.3) is 0 Å². The van der Waals surface area contributed by atoms with Gasteiger partial charge in [0.1, 0.15) is 0 Å². The number of Topliss-reactive ketones (excluding diaryl/α,β-unsaturated/α-hetero) is 2. The molecule has 0 N–H and O–H groups in total. The van der Waals surface area contributed by atoms with Crippen molar-refractivity contribution in [2.45, 2.75) is 64.7 Å². The molecule has 0 unspecified atom stereocenters. The van der Waals surface area contributed by atoms with Gasteiger partial charge in [-0.2, -0.15) is 0 Å². The van der Waals surface area contributed by atoms with Crippen LogP contribution in [0.15, 0.2) is 40.7 Å². The molecule has 1 aliphatic heterocycles. The first-order valence-electron chi connectivity index (χ1n) is 11.9. The average Bonchev–Trinajstić information content (AvgIpc) is 2.79. The molecule has 0 aromatic heterocycles. The molecule has 1 aromatic rings. The molecule has 7 nitrogen and oxygen atoms in total. The number of carbonyl (C=O) groups excluding carboxylic acids is 3. The Morgan fingerprint density at radius 3 is 2.15 bits per heavy atom. The molecule has 0 radical (unpaired) electrons. The van der Waals surface area contributed by atoms with E-state index in [0.29, 0.717) is 74.4 Å². The van der Waals surface area contributed by atoms with Crippen molar-refractivity contribution in [3.63, 3.8) is 0 Å². The van der Waals surface area contributed by atoms with Gasteiger partial charge in [-0.25, -0.2) is 0 Å². The first kappa shape index (κ1) is 23.1. The minimum Gasteiger partial charge on any atom is -0.548 e. The monoisotopic (exact) mass is 452 g/mol. The number of benzene rings is 1. The van der Waals surface area contributed by atoms with Crippen LogP contribution in [-0.2, 0) is 14.4 Å². The van der Waals surface area contributed by atoms with Gasteiger partial charge < -0.3 is 24.3 Å². The van der Waals surface area contributed by atoms with Crippen molar-refractivity contribution in [1.29, 1.82) is 0 Å². The molecular formula is C26H30NO6-. The highest BCUT2D eigenvalue weighted by Crippen LogP contribution is 2.49. The number of carboxylic acid groups (broad SMARTS) is 1. The Kier molecular flexibility index (Phi) is 6.86. The number of rotatable bonds is 8. The van der Waals surface area contributed by atoms with E-state index < -0.39 is 11.9 Å². The number of carbonyl (C=O) groups is 3. The zero-order valence-electron chi connectivity index (χ0n) is 19.3.